The van der Waals surface area contributed by atoms with E-state index in [4.69, 9.17) is 9.47 Å². The predicted octanol–water partition coefficient (Wildman–Crippen LogP) is 9.68. The van der Waals surface area contributed by atoms with Crippen LogP contribution in [0.5, 0.6) is 0 Å². The van der Waals surface area contributed by atoms with Crippen LogP contribution in [-0.4, -0.2) is 51.0 Å². The van der Waals surface area contributed by atoms with Crippen LogP contribution in [0.3, 0.4) is 0 Å². The van der Waals surface area contributed by atoms with Gasteiger partial charge in [0.05, 0.1) is 17.3 Å². The van der Waals surface area contributed by atoms with Crippen molar-refractivity contribution in [2.75, 3.05) is 0 Å². The molecule has 3 fully saturated rings. The molecule has 272 valence electrons. The van der Waals surface area contributed by atoms with E-state index in [1.165, 1.54) is 23.6 Å². The number of aliphatic hydroxyl groups is 2. The lowest BCUT2D eigenvalue weighted by Crippen LogP contribution is -2.48. The highest BCUT2D eigenvalue weighted by molar-refractivity contribution is 5.82. The minimum Gasteiger partial charge on any atom is -0.462 e. The topological polar surface area (TPSA) is 96.4 Å². The number of rotatable bonds is 16. The molecule has 0 spiro atoms. The third-order valence-electron chi connectivity index (χ3n) is 11.7. The lowest BCUT2D eigenvalue weighted by molar-refractivity contribution is -0.152. The maximum atomic E-state index is 13.2. The summed E-state index contributed by atoms with van der Waals surface area (Å²) < 4.78 is 11.7. The number of hydrogen-bond acceptors (Lipinski definition) is 6. The van der Waals surface area contributed by atoms with Gasteiger partial charge in [-0.1, -0.05) is 75.6 Å². The molecule has 0 amide bonds. The number of epoxide rings is 1. The number of fused-ring (bicyclic) bond motifs is 1. The summed E-state index contributed by atoms with van der Waals surface area (Å²) in [4.78, 5) is 24.7. The van der Waals surface area contributed by atoms with E-state index in [1.807, 2.05) is 6.92 Å². The third-order valence-corrected chi connectivity index (χ3v) is 11.7. The van der Waals surface area contributed by atoms with Crippen LogP contribution >= 0.6 is 0 Å². The molecule has 0 radical (unpaired) electrons. The zero-order chi connectivity index (χ0) is 36.1. The summed E-state index contributed by atoms with van der Waals surface area (Å²) in [6.07, 6.45) is 19.4. The number of carbonyl (C=O) groups is 2. The summed E-state index contributed by atoms with van der Waals surface area (Å²) >= 11 is 0. The first-order valence-electron chi connectivity index (χ1n) is 18.6. The highest BCUT2D eigenvalue weighted by atomic mass is 16.6. The van der Waals surface area contributed by atoms with Gasteiger partial charge in [-0.25, -0.2) is 0 Å². The van der Waals surface area contributed by atoms with Gasteiger partial charge < -0.3 is 19.7 Å². The first-order valence-corrected chi connectivity index (χ1v) is 18.6. The predicted molar refractivity (Wildman–Crippen MR) is 196 cm³/mol. The molecule has 1 saturated heterocycles. The molecule has 1 aliphatic heterocycles. The Morgan fingerprint density at radius 2 is 1.48 bits per heavy atom. The number of carbonyl (C=O) groups excluding carboxylic acids is 2. The quantitative estimate of drug-likeness (QED) is 0.0736. The maximum Gasteiger partial charge on any atom is 0.302 e. The highest BCUT2D eigenvalue weighted by Gasteiger charge is 2.76. The minimum atomic E-state index is -0.987. The van der Waals surface area contributed by atoms with E-state index in [1.54, 1.807) is 0 Å². The minimum absolute atomic E-state index is 0.0265. The standard InChI is InChI=1S/C42H68O6/c1-29(18-14-19-31(3)22-23-37-38(6,7)26-35(47-33(5)43)27-40(37,10)46)16-12-13-17-30(2)20-15-21-32(4)36(45)28-42-39(8,9)24-34(44)25-41(42,11)48-42/h16-17,19,23,32,34-35,44,46H,12-15,18,20-22,24-28H2,1-11H3/b29-16+,30-17-,31-19+,37-23?/t32?,34-,35-,40+,41+,42-/m0/s1. The molecule has 6 nitrogen and oxygen atoms in total. The van der Waals surface area contributed by atoms with Crippen LogP contribution in [0, 0.1) is 16.7 Å². The number of hydrogen-bond donors (Lipinski definition) is 2. The van der Waals surface area contributed by atoms with Crippen LogP contribution in [0.1, 0.15) is 160 Å². The van der Waals surface area contributed by atoms with Crippen molar-refractivity contribution in [3.8, 4) is 0 Å². The van der Waals surface area contributed by atoms with Crippen molar-refractivity contribution in [2.45, 2.75) is 189 Å². The normalized spacial score (nSPS) is 33.3. The van der Waals surface area contributed by atoms with E-state index in [2.05, 4.69) is 86.6 Å². The molecule has 3 rings (SSSR count). The van der Waals surface area contributed by atoms with Crippen molar-refractivity contribution in [1.29, 1.82) is 0 Å². The van der Waals surface area contributed by atoms with Gasteiger partial charge in [0.2, 0.25) is 0 Å². The average molecular weight is 669 g/mol. The lowest BCUT2D eigenvalue weighted by atomic mass is 9.61. The molecule has 0 aromatic heterocycles. The van der Waals surface area contributed by atoms with Crippen LogP contribution in [0.2, 0.25) is 0 Å². The molecule has 0 aromatic rings. The van der Waals surface area contributed by atoms with Gasteiger partial charge in [0, 0.05) is 32.1 Å². The van der Waals surface area contributed by atoms with Crippen molar-refractivity contribution in [1.82, 2.24) is 0 Å². The molecule has 3 aliphatic rings. The number of aliphatic hydroxyl groups excluding tert-OH is 1. The molecule has 2 aliphatic carbocycles. The lowest BCUT2D eigenvalue weighted by Gasteiger charge is -2.46. The molecule has 1 heterocycles. The Morgan fingerprint density at radius 1 is 0.875 bits per heavy atom. The number of unbranched alkanes of at least 4 members (excludes halogenated alkanes) is 1. The number of allylic oxidation sites excluding steroid dienone is 7. The van der Waals surface area contributed by atoms with Crippen molar-refractivity contribution in [2.24, 2.45) is 16.7 Å². The summed E-state index contributed by atoms with van der Waals surface area (Å²) in [5.74, 6) is 0.0306. The Balaban J connectivity index is 1.35. The first-order chi connectivity index (χ1) is 22.1. The first kappa shape index (κ1) is 40.4. The second kappa shape index (κ2) is 15.9. The van der Waals surface area contributed by atoms with E-state index in [0.717, 1.165) is 63.4 Å². The molecule has 2 saturated carbocycles. The van der Waals surface area contributed by atoms with Gasteiger partial charge in [-0.15, -0.1) is 0 Å². The Hall–Kier alpha value is -2.02. The third kappa shape index (κ3) is 10.3. The van der Waals surface area contributed by atoms with Crippen molar-refractivity contribution >= 4 is 11.8 Å². The second-order valence-corrected chi connectivity index (χ2v) is 17.4. The summed E-state index contributed by atoms with van der Waals surface area (Å²) in [5, 5.41) is 21.5. The van der Waals surface area contributed by atoms with E-state index in [-0.39, 0.29) is 40.5 Å². The summed E-state index contributed by atoms with van der Waals surface area (Å²) in [5.41, 5.74) is 2.92. The molecule has 6 heteroatoms. The fraction of sp³-hybridized carbons (Fsp3) is 0.762. The number of ether oxygens (including phenoxy) is 2. The molecule has 0 aromatic carbocycles. The summed E-state index contributed by atoms with van der Waals surface area (Å²) in [7, 11) is 0. The zero-order valence-electron chi connectivity index (χ0n) is 32.3. The SMILES string of the molecule is CC(=O)O[C@H]1CC(C)(C)C(=CC/C(C)=C/CC/C(C)=C/CC/C=C(/C)CCCC(C)C(=O)C[C@@]23O[C@]2(C)C[C@@H](O)CC3(C)C)[C@](C)(O)C1. The Kier molecular flexibility index (Phi) is 13.4. The Morgan fingerprint density at radius 3 is 2.06 bits per heavy atom. The van der Waals surface area contributed by atoms with Gasteiger partial charge in [-0.05, 0) is 115 Å². The van der Waals surface area contributed by atoms with Crippen LogP contribution in [0.4, 0.5) is 0 Å². The average Bonchev–Trinajstić information content (AvgIpc) is 3.53. The number of Topliss-reactive ketones (excluding diaryl/α,β-unsaturated/α-hetero) is 1. The second-order valence-electron chi connectivity index (χ2n) is 17.4. The highest BCUT2D eigenvalue weighted by Crippen LogP contribution is 2.67. The van der Waals surface area contributed by atoms with E-state index in [9.17, 15) is 19.8 Å². The van der Waals surface area contributed by atoms with Crippen LogP contribution < -0.4 is 0 Å². The molecule has 48 heavy (non-hydrogen) atoms. The van der Waals surface area contributed by atoms with E-state index in [0.29, 0.717) is 31.5 Å². The van der Waals surface area contributed by atoms with E-state index < -0.39 is 11.2 Å². The summed E-state index contributed by atoms with van der Waals surface area (Å²) in [6.45, 7) is 22.5. The molecular formula is C42H68O6. The van der Waals surface area contributed by atoms with Gasteiger partial charge in [-0.3, -0.25) is 9.59 Å². The van der Waals surface area contributed by atoms with E-state index >= 15 is 0 Å². The maximum absolute atomic E-state index is 13.2. The molecule has 1 unspecified atom stereocenters. The summed E-state index contributed by atoms with van der Waals surface area (Å²) in [6, 6.07) is 0. The van der Waals surface area contributed by atoms with Crippen molar-refractivity contribution < 1.29 is 29.3 Å². The molecule has 2 N–H and O–H groups in total. The van der Waals surface area contributed by atoms with Crippen molar-refractivity contribution in [3.63, 3.8) is 0 Å². The molecule has 0 bridgehead atoms. The van der Waals surface area contributed by atoms with Crippen LogP contribution in [0.15, 0.2) is 46.6 Å². The van der Waals surface area contributed by atoms with Gasteiger partial charge in [0.25, 0.3) is 0 Å². The number of ketones is 1. The Bertz CT molecular complexity index is 1260. The Labute approximate surface area is 292 Å². The largest absolute Gasteiger partial charge is 0.462 e. The van der Waals surface area contributed by atoms with Gasteiger partial charge >= 0.3 is 5.97 Å². The number of esters is 1. The molecular weight excluding hydrogens is 600 g/mol. The van der Waals surface area contributed by atoms with Gasteiger partial charge in [0.15, 0.2) is 0 Å². The van der Waals surface area contributed by atoms with Gasteiger partial charge in [-0.2, -0.15) is 0 Å². The van der Waals surface area contributed by atoms with Gasteiger partial charge in [0.1, 0.15) is 17.5 Å². The fourth-order valence-electron chi connectivity index (χ4n) is 9.03. The van der Waals surface area contributed by atoms with Crippen LogP contribution in [-0.2, 0) is 19.1 Å². The monoisotopic (exact) mass is 669 g/mol. The zero-order valence-corrected chi connectivity index (χ0v) is 32.3. The molecule has 6 atom stereocenters. The smallest absolute Gasteiger partial charge is 0.302 e. The van der Waals surface area contributed by atoms with Crippen molar-refractivity contribution in [3.05, 3.63) is 46.6 Å². The van der Waals surface area contributed by atoms with Crippen LogP contribution in [0.25, 0.3) is 0 Å². The fourth-order valence-corrected chi connectivity index (χ4v) is 9.03.